The van der Waals surface area contributed by atoms with Crippen molar-refractivity contribution in [2.24, 2.45) is 0 Å². The van der Waals surface area contributed by atoms with Crippen molar-refractivity contribution in [2.45, 2.75) is 19.0 Å². The fourth-order valence-electron chi connectivity index (χ4n) is 3.68. The molecule has 7 heteroatoms. The molecule has 0 unspecified atom stereocenters. The highest BCUT2D eigenvalue weighted by Crippen LogP contribution is 2.40. The van der Waals surface area contributed by atoms with E-state index in [-0.39, 0.29) is 12.1 Å². The van der Waals surface area contributed by atoms with Gasteiger partial charge in [-0.05, 0) is 69.1 Å². The Balaban J connectivity index is 1.70. The van der Waals surface area contributed by atoms with Crippen LogP contribution in [0, 0.1) is 6.92 Å². The molecule has 1 N–H and O–H groups in total. The number of hydrogen-bond acceptors (Lipinski definition) is 4. The van der Waals surface area contributed by atoms with E-state index in [1.807, 2.05) is 61.7 Å². The quantitative estimate of drug-likeness (QED) is 0.553. The number of nitrogens with one attached hydrogen (secondary N) is 1. The number of nitrogens with zero attached hydrogens (tertiary/aromatic N) is 3. The molecule has 0 bridgehead atoms. The van der Waals surface area contributed by atoms with Crippen molar-refractivity contribution in [3.8, 4) is 11.3 Å². The Hall–Kier alpha value is -2.41. The van der Waals surface area contributed by atoms with Gasteiger partial charge in [-0.1, -0.05) is 29.8 Å². The summed E-state index contributed by atoms with van der Waals surface area (Å²) >= 11 is 12.0. The largest absolute Gasteiger partial charge is 0.459 e. The van der Waals surface area contributed by atoms with Crippen molar-refractivity contribution in [3.05, 3.63) is 76.8 Å². The predicted octanol–water partition coefficient (Wildman–Crippen LogP) is 4.84. The first-order valence-electron chi connectivity index (χ1n) is 9.93. The van der Waals surface area contributed by atoms with Crippen LogP contribution in [0.25, 0.3) is 11.3 Å². The fourth-order valence-corrected chi connectivity index (χ4v) is 4.19. The zero-order chi connectivity index (χ0) is 21.3. The highest BCUT2D eigenvalue weighted by molar-refractivity contribution is 7.80. The molecule has 1 saturated heterocycles. The lowest BCUT2D eigenvalue weighted by Crippen LogP contribution is -2.35. The van der Waals surface area contributed by atoms with E-state index < -0.39 is 0 Å². The molecular weight excluding hydrogens is 416 g/mol. The summed E-state index contributed by atoms with van der Waals surface area (Å²) in [6.07, 6.45) is 1.81. The molecule has 1 fully saturated rings. The highest BCUT2D eigenvalue weighted by atomic mass is 35.5. The number of benzene rings is 1. The molecule has 3 heterocycles. The summed E-state index contributed by atoms with van der Waals surface area (Å²) < 4.78 is 6.34. The molecule has 0 aliphatic carbocycles. The number of furan rings is 1. The Labute approximate surface area is 187 Å². The Morgan fingerprint density at radius 3 is 2.73 bits per heavy atom. The summed E-state index contributed by atoms with van der Waals surface area (Å²) in [6.45, 7) is 3.67. The minimum atomic E-state index is -0.0820. The number of aromatic nitrogens is 1. The lowest BCUT2D eigenvalue weighted by molar-refractivity contribution is 0.250. The van der Waals surface area contributed by atoms with Crippen molar-refractivity contribution in [1.82, 2.24) is 20.1 Å². The van der Waals surface area contributed by atoms with Gasteiger partial charge in [0.1, 0.15) is 17.6 Å². The summed E-state index contributed by atoms with van der Waals surface area (Å²) in [4.78, 5) is 8.91. The lowest BCUT2D eigenvalue weighted by atomic mass is 10.0. The second-order valence-corrected chi connectivity index (χ2v) is 8.58. The second kappa shape index (κ2) is 8.76. The normalized spacial score (nSPS) is 18.8. The molecule has 0 radical (unpaired) electrons. The molecule has 5 nitrogen and oxygen atoms in total. The SMILES string of the molecule is Cc1ccc(-c2ccc([C@@H]3[C@H](c4ccccn4)NC(=S)N3CCN(C)C)o2)cc1Cl. The molecule has 0 spiro atoms. The van der Waals surface area contributed by atoms with Crippen LogP contribution in [0.1, 0.15) is 29.1 Å². The van der Waals surface area contributed by atoms with Crippen LogP contribution in [-0.4, -0.2) is 47.1 Å². The number of halogens is 1. The van der Waals surface area contributed by atoms with Crippen LogP contribution >= 0.6 is 23.8 Å². The molecule has 1 aliphatic rings. The number of aryl methyl sites for hydroxylation is 1. The van der Waals surface area contributed by atoms with Gasteiger partial charge in [0.2, 0.25) is 0 Å². The maximum absolute atomic E-state index is 6.34. The first-order chi connectivity index (χ1) is 14.4. The van der Waals surface area contributed by atoms with Gasteiger partial charge in [0.05, 0.1) is 11.7 Å². The van der Waals surface area contributed by atoms with Crippen molar-refractivity contribution in [2.75, 3.05) is 27.2 Å². The topological polar surface area (TPSA) is 44.5 Å². The second-order valence-electron chi connectivity index (χ2n) is 7.79. The summed E-state index contributed by atoms with van der Waals surface area (Å²) in [6, 6.07) is 15.8. The predicted molar refractivity (Wildman–Crippen MR) is 125 cm³/mol. The van der Waals surface area contributed by atoms with E-state index in [2.05, 4.69) is 34.2 Å². The Bertz CT molecular complexity index is 1040. The molecular formula is C23H25ClN4OS. The van der Waals surface area contributed by atoms with Crippen molar-refractivity contribution < 1.29 is 4.42 Å². The smallest absolute Gasteiger partial charge is 0.170 e. The zero-order valence-electron chi connectivity index (χ0n) is 17.3. The van der Waals surface area contributed by atoms with E-state index >= 15 is 0 Å². The van der Waals surface area contributed by atoms with E-state index in [1.165, 1.54) is 0 Å². The first kappa shape index (κ1) is 20.8. The maximum Gasteiger partial charge on any atom is 0.170 e. The molecule has 2 atom stereocenters. The minimum Gasteiger partial charge on any atom is -0.459 e. The van der Waals surface area contributed by atoms with Gasteiger partial charge in [0.25, 0.3) is 0 Å². The van der Waals surface area contributed by atoms with Crippen LogP contribution in [0.3, 0.4) is 0 Å². The molecule has 0 amide bonds. The van der Waals surface area contributed by atoms with Gasteiger partial charge in [0, 0.05) is 29.9 Å². The van der Waals surface area contributed by atoms with Crippen LogP contribution in [-0.2, 0) is 0 Å². The van der Waals surface area contributed by atoms with E-state index in [4.69, 9.17) is 28.2 Å². The molecule has 1 aromatic carbocycles. The molecule has 30 heavy (non-hydrogen) atoms. The van der Waals surface area contributed by atoms with Gasteiger partial charge in [-0.25, -0.2) is 0 Å². The number of hydrogen-bond donors (Lipinski definition) is 1. The summed E-state index contributed by atoms with van der Waals surface area (Å²) in [5.41, 5.74) is 2.94. The van der Waals surface area contributed by atoms with Gasteiger partial charge in [-0.2, -0.15) is 0 Å². The minimum absolute atomic E-state index is 0.0815. The van der Waals surface area contributed by atoms with Crippen LogP contribution in [0.15, 0.2) is 59.1 Å². The number of likely N-dealkylation sites (N-methyl/N-ethyl adjacent to an activating group) is 1. The third kappa shape index (κ3) is 4.21. The Morgan fingerprint density at radius 1 is 1.20 bits per heavy atom. The van der Waals surface area contributed by atoms with Gasteiger partial charge < -0.3 is 19.5 Å². The third-order valence-corrected chi connectivity index (χ3v) is 6.12. The van der Waals surface area contributed by atoms with Gasteiger partial charge in [0.15, 0.2) is 5.11 Å². The molecule has 3 aromatic rings. The number of thiocarbonyl (C=S) groups is 1. The fraction of sp³-hybridized carbons (Fsp3) is 0.304. The van der Waals surface area contributed by atoms with Crippen molar-refractivity contribution >= 4 is 28.9 Å². The highest BCUT2D eigenvalue weighted by Gasteiger charge is 2.41. The lowest BCUT2D eigenvalue weighted by Gasteiger charge is -2.27. The van der Waals surface area contributed by atoms with Crippen LogP contribution in [0.2, 0.25) is 5.02 Å². The monoisotopic (exact) mass is 440 g/mol. The molecule has 4 rings (SSSR count). The molecule has 2 aromatic heterocycles. The first-order valence-corrected chi connectivity index (χ1v) is 10.7. The van der Waals surface area contributed by atoms with E-state index in [0.29, 0.717) is 5.11 Å². The van der Waals surface area contributed by atoms with Gasteiger partial charge in [-0.3, -0.25) is 4.98 Å². The Morgan fingerprint density at radius 2 is 2.03 bits per heavy atom. The average Bonchev–Trinajstić information content (AvgIpc) is 3.33. The average molecular weight is 441 g/mol. The van der Waals surface area contributed by atoms with Gasteiger partial charge in [-0.15, -0.1) is 0 Å². The van der Waals surface area contributed by atoms with Crippen molar-refractivity contribution in [1.29, 1.82) is 0 Å². The van der Waals surface area contributed by atoms with Crippen molar-refractivity contribution in [3.63, 3.8) is 0 Å². The zero-order valence-corrected chi connectivity index (χ0v) is 18.9. The van der Waals surface area contributed by atoms with Crippen LogP contribution in [0.4, 0.5) is 0 Å². The summed E-state index contributed by atoms with van der Waals surface area (Å²) in [5, 5.41) is 4.90. The Kier molecular flexibility index (Phi) is 6.09. The molecule has 0 saturated carbocycles. The third-order valence-electron chi connectivity index (χ3n) is 5.36. The van der Waals surface area contributed by atoms with E-state index in [9.17, 15) is 0 Å². The van der Waals surface area contributed by atoms with Crippen LogP contribution in [0.5, 0.6) is 0 Å². The molecule has 156 valence electrons. The summed E-state index contributed by atoms with van der Waals surface area (Å²) in [7, 11) is 4.12. The van der Waals surface area contributed by atoms with E-state index in [0.717, 1.165) is 46.5 Å². The maximum atomic E-state index is 6.34. The summed E-state index contributed by atoms with van der Waals surface area (Å²) in [5.74, 6) is 1.64. The van der Waals surface area contributed by atoms with Crippen LogP contribution < -0.4 is 5.32 Å². The number of rotatable bonds is 6. The van der Waals surface area contributed by atoms with Gasteiger partial charge >= 0.3 is 0 Å². The number of pyridine rings is 1. The molecule has 1 aliphatic heterocycles. The standard InChI is InChI=1S/C23H25ClN4OS/c1-15-7-8-16(14-17(15)24)19-9-10-20(29-19)22-21(18-6-4-5-11-25-18)26-23(30)28(22)13-12-27(2)3/h4-11,14,21-22H,12-13H2,1-3H3,(H,26,30)/t21-,22+/m0/s1. The van der Waals surface area contributed by atoms with E-state index in [1.54, 1.807) is 0 Å².